The molecule has 0 bridgehead atoms. The van der Waals surface area contributed by atoms with E-state index >= 15 is 0 Å². The normalized spacial score (nSPS) is 11.9. The first-order valence-corrected chi connectivity index (χ1v) is 11.2. The van der Waals surface area contributed by atoms with Crippen LogP contribution in [0.15, 0.2) is 47.4 Å². The van der Waals surface area contributed by atoms with E-state index in [4.69, 9.17) is 8.92 Å². The van der Waals surface area contributed by atoms with E-state index in [0.717, 1.165) is 24.3 Å². The molecule has 0 atom stereocenters. The van der Waals surface area contributed by atoms with Crippen molar-refractivity contribution >= 4 is 16.1 Å². The van der Waals surface area contributed by atoms with Gasteiger partial charge in [-0.2, -0.15) is 8.42 Å². The molecule has 7 nitrogen and oxygen atoms in total. The Kier molecular flexibility index (Phi) is 7.54. The maximum Gasteiger partial charge on any atom is 0.339 e. The quantitative estimate of drug-likeness (QED) is 0.633. The molecular formula is C22H29FN2O5S. The maximum absolute atomic E-state index is 13.1. The number of ether oxygens (including phenoxy) is 1. The highest BCUT2D eigenvalue weighted by Crippen LogP contribution is 2.31. The maximum atomic E-state index is 13.1. The van der Waals surface area contributed by atoms with Gasteiger partial charge in [0.1, 0.15) is 10.7 Å². The molecule has 0 unspecified atom stereocenters. The molecule has 0 saturated carbocycles. The Hall–Kier alpha value is -2.81. The number of urea groups is 1. The standard InChI is InChI=1S/C22H29FN2O5S/c1-15(2)25(21(26)24-22(3,4)5)14-16-7-12-19(29-6)20(13-16)30-31(27,28)18-10-8-17(23)9-11-18/h7-13,15H,14H2,1-6H3,(H,24,26). The van der Waals surface area contributed by atoms with Crippen molar-refractivity contribution < 1.29 is 26.5 Å². The Labute approximate surface area is 183 Å². The second-order valence-electron chi connectivity index (χ2n) is 8.38. The van der Waals surface area contributed by atoms with Crippen molar-refractivity contribution in [1.82, 2.24) is 10.2 Å². The predicted octanol–water partition coefficient (Wildman–Crippen LogP) is 4.32. The summed E-state index contributed by atoms with van der Waals surface area (Å²) >= 11 is 0. The number of hydrogen-bond donors (Lipinski definition) is 1. The number of rotatable bonds is 7. The molecule has 1 N–H and O–H groups in total. The second-order valence-corrected chi connectivity index (χ2v) is 9.92. The average Bonchev–Trinajstić information content (AvgIpc) is 2.64. The Morgan fingerprint density at radius 2 is 1.71 bits per heavy atom. The lowest BCUT2D eigenvalue weighted by Gasteiger charge is -2.31. The Morgan fingerprint density at radius 1 is 1.10 bits per heavy atom. The first kappa shape index (κ1) is 24.5. The molecule has 31 heavy (non-hydrogen) atoms. The van der Waals surface area contributed by atoms with Crippen LogP contribution in [-0.4, -0.2) is 38.0 Å². The van der Waals surface area contributed by atoms with Gasteiger partial charge < -0.3 is 19.1 Å². The third kappa shape index (κ3) is 6.85. The Balaban J connectivity index is 2.32. The largest absolute Gasteiger partial charge is 0.493 e. The first-order valence-electron chi connectivity index (χ1n) is 9.78. The highest BCUT2D eigenvalue weighted by Gasteiger charge is 2.24. The summed E-state index contributed by atoms with van der Waals surface area (Å²) in [6.45, 7) is 9.69. The molecule has 0 spiro atoms. The second kappa shape index (κ2) is 9.55. The lowest BCUT2D eigenvalue weighted by atomic mass is 10.1. The molecule has 0 aromatic heterocycles. The minimum absolute atomic E-state index is 0.0238. The molecule has 170 valence electrons. The summed E-state index contributed by atoms with van der Waals surface area (Å²) in [6.07, 6.45) is 0. The number of nitrogens with one attached hydrogen (secondary N) is 1. The smallest absolute Gasteiger partial charge is 0.339 e. The molecule has 2 aromatic carbocycles. The first-order chi connectivity index (χ1) is 14.3. The van der Waals surface area contributed by atoms with Gasteiger partial charge in [0, 0.05) is 18.1 Å². The van der Waals surface area contributed by atoms with Crippen LogP contribution in [0.3, 0.4) is 0 Å². The fourth-order valence-corrected chi connectivity index (χ4v) is 3.66. The molecule has 0 fully saturated rings. The summed E-state index contributed by atoms with van der Waals surface area (Å²) < 4.78 is 48.9. The van der Waals surface area contributed by atoms with Gasteiger partial charge in [0.2, 0.25) is 0 Å². The lowest BCUT2D eigenvalue weighted by Crippen LogP contribution is -2.50. The van der Waals surface area contributed by atoms with Crippen molar-refractivity contribution in [2.24, 2.45) is 0 Å². The molecular weight excluding hydrogens is 423 g/mol. The van der Waals surface area contributed by atoms with Gasteiger partial charge in [0.25, 0.3) is 0 Å². The minimum Gasteiger partial charge on any atom is -0.493 e. The highest BCUT2D eigenvalue weighted by molar-refractivity contribution is 7.87. The van der Waals surface area contributed by atoms with Crippen molar-refractivity contribution in [1.29, 1.82) is 0 Å². The van der Waals surface area contributed by atoms with Gasteiger partial charge in [-0.1, -0.05) is 6.07 Å². The highest BCUT2D eigenvalue weighted by atomic mass is 32.2. The summed E-state index contributed by atoms with van der Waals surface area (Å²) in [4.78, 5) is 14.1. The van der Waals surface area contributed by atoms with E-state index in [-0.39, 0.29) is 35.0 Å². The fourth-order valence-electron chi connectivity index (χ4n) is 2.73. The summed E-state index contributed by atoms with van der Waals surface area (Å²) in [5.74, 6) is -0.366. The lowest BCUT2D eigenvalue weighted by molar-refractivity contribution is 0.171. The van der Waals surface area contributed by atoms with Crippen molar-refractivity contribution in [3.05, 3.63) is 53.8 Å². The van der Waals surface area contributed by atoms with Crippen molar-refractivity contribution in [2.75, 3.05) is 7.11 Å². The van der Waals surface area contributed by atoms with Crippen molar-refractivity contribution in [3.8, 4) is 11.5 Å². The number of halogens is 1. The summed E-state index contributed by atoms with van der Waals surface area (Å²) in [7, 11) is -2.81. The Bertz CT molecular complexity index is 1020. The number of benzene rings is 2. The molecule has 0 aliphatic heterocycles. The third-order valence-corrected chi connectivity index (χ3v) is 5.50. The number of carbonyl (C=O) groups excluding carboxylic acids is 1. The molecule has 2 rings (SSSR count). The van der Waals surface area contributed by atoms with Crippen LogP contribution in [0.4, 0.5) is 9.18 Å². The van der Waals surface area contributed by atoms with Crippen LogP contribution in [0.1, 0.15) is 40.2 Å². The van der Waals surface area contributed by atoms with E-state index in [1.165, 1.54) is 13.2 Å². The van der Waals surface area contributed by atoms with Crippen LogP contribution >= 0.6 is 0 Å². The number of carbonyl (C=O) groups is 1. The number of hydrogen-bond acceptors (Lipinski definition) is 5. The number of methoxy groups -OCH3 is 1. The third-order valence-electron chi connectivity index (χ3n) is 4.25. The molecule has 9 heteroatoms. The van der Waals surface area contributed by atoms with Crippen molar-refractivity contribution in [3.63, 3.8) is 0 Å². The van der Waals surface area contributed by atoms with Crippen molar-refractivity contribution in [2.45, 2.75) is 57.6 Å². The van der Waals surface area contributed by atoms with E-state index in [2.05, 4.69) is 5.32 Å². The topological polar surface area (TPSA) is 84.9 Å². The van der Waals surface area contributed by atoms with Gasteiger partial charge in [-0.05, 0) is 76.6 Å². The zero-order valence-corrected chi connectivity index (χ0v) is 19.4. The fraction of sp³-hybridized carbons (Fsp3) is 0.409. The Morgan fingerprint density at radius 3 is 2.23 bits per heavy atom. The zero-order valence-electron chi connectivity index (χ0n) is 18.6. The molecule has 0 heterocycles. The van der Waals surface area contributed by atoms with Crippen LogP contribution in [0.2, 0.25) is 0 Å². The van der Waals surface area contributed by atoms with E-state index in [0.29, 0.717) is 5.56 Å². The van der Waals surface area contributed by atoms with Gasteiger partial charge in [0.05, 0.1) is 7.11 Å². The van der Waals surface area contributed by atoms with Gasteiger partial charge >= 0.3 is 16.1 Å². The van der Waals surface area contributed by atoms with E-state index in [9.17, 15) is 17.6 Å². The van der Waals surface area contributed by atoms with Gasteiger partial charge in [0.15, 0.2) is 11.5 Å². The van der Waals surface area contributed by atoms with Gasteiger partial charge in [-0.25, -0.2) is 9.18 Å². The molecule has 0 aliphatic rings. The molecule has 0 saturated heterocycles. The van der Waals surface area contributed by atoms with E-state index in [1.54, 1.807) is 17.0 Å². The number of amides is 2. The summed E-state index contributed by atoms with van der Waals surface area (Å²) in [6, 6.07) is 8.81. The van der Waals surface area contributed by atoms with Crippen LogP contribution < -0.4 is 14.2 Å². The van der Waals surface area contributed by atoms with E-state index in [1.807, 2.05) is 34.6 Å². The molecule has 2 aromatic rings. The molecule has 0 aliphatic carbocycles. The van der Waals surface area contributed by atoms with Gasteiger partial charge in [-0.15, -0.1) is 0 Å². The zero-order chi connectivity index (χ0) is 23.4. The van der Waals surface area contributed by atoms with Crippen LogP contribution in [0.25, 0.3) is 0 Å². The summed E-state index contributed by atoms with van der Waals surface area (Å²) in [5, 5.41) is 2.93. The van der Waals surface area contributed by atoms with Gasteiger partial charge in [-0.3, -0.25) is 0 Å². The predicted molar refractivity (Wildman–Crippen MR) is 116 cm³/mol. The molecule has 0 radical (unpaired) electrons. The minimum atomic E-state index is -4.20. The van der Waals surface area contributed by atoms with Crippen LogP contribution in [0, 0.1) is 5.82 Å². The van der Waals surface area contributed by atoms with Crippen LogP contribution in [-0.2, 0) is 16.7 Å². The molecule has 2 amide bonds. The van der Waals surface area contributed by atoms with E-state index < -0.39 is 21.5 Å². The summed E-state index contributed by atoms with van der Waals surface area (Å²) in [5.41, 5.74) is 0.254. The monoisotopic (exact) mass is 452 g/mol. The van der Waals surface area contributed by atoms with Crippen LogP contribution in [0.5, 0.6) is 11.5 Å². The SMILES string of the molecule is COc1ccc(CN(C(=O)NC(C)(C)C)C(C)C)cc1OS(=O)(=O)c1ccc(F)cc1. The number of nitrogens with zero attached hydrogens (tertiary/aromatic N) is 1. The average molecular weight is 453 g/mol.